The van der Waals surface area contributed by atoms with Crippen LogP contribution in [0.1, 0.15) is 30.1 Å². The first-order chi connectivity index (χ1) is 15.1. The molecule has 172 valence electrons. The second kappa shape index (κ2) is 9.53. The molecule has 3 rings (SSSR count). The first kappa shape index (κ1) is 23.5. The lowest BCUT2D eigenvalue weighted by Crippen LogP contribution is -2.28. The van der Waals surface area contributed by atoms with Gasteiger partial charge in [-0.25, -0.2) is 8.42 Å². The molecule has 1 amide bonds. The van der Waals surface area contributed by atoms with Gasteiger partial charge < -0.3 is 15.0 Å². The van der Waals surface area contributed by atoms with Crippen LogP contribution in [0.25, 0.3) is 0 Å². The first-order valence-corrected chi connectivity index (χ1v) is 11.6. The average molecular weight is 463 g/mol. The van der Waals surface area contributed by atoms with Gasteiger partial charge in [-0.3, -0.25) is 14.9 Å². The molecule has 0 aromatic heterocycles. The number of anilines is 2. The maximum atomic E-state index is 13.2. The molecule has 10 nitrogen and oxygen atoms in total. The molecule has 32 heavy (non-hydrogen) atoms. The fourth-order valence-corrected chi connectivity index (χ4v) is 5.21. The van der Waals surface area contributed by atoms with Gasteiger partial charge in [-0.05, 0) is 44.0 Å². The van der Waals surface area contributed by atoms with Gasteiger partial charge in [0.15, 0.2) is 0 Å². The molecule has 2 aromatic carbocycles. The highest BCUT2D eigenvalue weighted by Gasteiger charge is 2.30. The first-order valence-electron chi connectivity index (χ1n) is 10.2. The minimum absolute atomic E-state index is 0.0223. The molecule has 1 aliphatic heterocycles. The predicted octanol–water partition coefficient (Wildman–Crippen LogP) is 3.10. The van der Waals surface area contributed by atoms with Gasteiger partial charge in [-0.15, -0.1) is 0 Å². The third-order valence-electron chi connectivity index (χ3n) is 5.10. The number of benzene rings is 2. The lowest BCUT2D eigenvalue weighted by molar-refractivity contribution is -0.384. The summed E-state index contributed by atoms with van der Waals surface area (Å²) in [6.45, 7) is 2.91. The number of rotatable bonds is 8. The molecule has 0 aliphatic carbocycles. The normalized spacial score (nSPS) is 14.2. The number of carbonyl (C=O) groups is 1. The van der Waals surface area contributed by atoms with Gasteiger partial charge in [-0.2, -0.15) is 4.31 Å². The molecular formula is C21H26N4O6S. The van der Waals surface area contributed by atoms with E-state index in [1.54, 1.807) is 32.0 Å². The zero-order valence-corrected chi connectivity index (χ0v) is 19.0. The predicted molar refractivity (Wildman–Crippen MR) is 121 cm³/mol. The van der Waals surface area contributed by atoms with E-state index in [9.17, 15) is 23.3 Å². The third kappa shape index (κ3) is 4.83. The summed E-state index contributed by atoms with van der Waals surface area (Å²) in [4.78, 5) is 25.2. The summed E-state index contributed by atoms with van der Waals surface area (Å²) in [5.74, 6) is -0.382. The minimum atomic E-state index is -3.79. The van der Waals surface area contributed by atoms with E-state index in [2.05, 4.69) is 5.32 Å². The van der Waals surface area contributed by atoms with Crippen molar-refractivity contribution in [1.29, 1.82) is 0 Å². The molecule has 0 spiro atoms. The van der Waals surface area contributed by atoms with Gasteiger partial charge in [-0.1, -0.05) is 0 Å². The Labute approximate surface area is 187 Å². The molecule has 2 aromatic rings. The number of amides is 1. The van der Waals surface area contributed by atoms with Crippen LogP contribution in [-0.2, 0) is 10.0 Å². The smallest absolute Gasteiger partial charge is 0.270 e. The highest BCUT2D eigenvalue weighted by Crippen LogP contribution is 2.32. The molecule has 11 heteroatoms. The Kier molecular flexibility index (Phi) is 6.99. The lowest BCUT2D eigenvalue weighted by Gasteiger charge is -2.20. The van der Waals surface area contributed by atoms with Crippen LogP contribution in [0.5, 0.6) is 5.75 Å². The Morgan fingerprint density at radius 1 is 1.19 bits per heavy atom. The van der Waals surface area contributed by atoms with Crippen molar-refractivity contribution in [2.45, 2.75) is 24.7 Å². The Hall–Kier alpha value is -3.18. The monoisotopic (exact) mass is 462 g/mol. The van der Waals surface area contributed by atoms with Crippen LogP contribution >= 0.6 is 0 Å². The van der Waals surface area contributed by atoms with Crippen molar-refractivity contribution in [2.75, 3.05) is 44.0 Å². The van der Waals surface area contributed by atoms with E-state index in [4.69, 9.17) is 4.74 Å². The van der Waals surface area contributed by atoms with Crippen molar-refractivity contribution in [1.82, 2.24) is 4.31 Å². The van der Waals surface area contributed by atoms with E-state index in [0.29, 0.717) is 18.8 Å². The lowest BCUT2D eigenvalue weighted by atomic mass is 10.1. The maximum Gasteiger partial charge on any atom is 0.270 e. The molecule has 1 fully saturated rings. The van der Waals surface area contributed by atoms with E-state index < -0.39 is 20.9 Å². The summed E-state index contributed by atoms with van der Waals surface area (Å²) in [5.41, 5.74) is 0.614. The number of hydrogen-bond acceptors (Lipinski definition) is 7. The van der Waals surface area contributed by atoms with Crippen molar-refractivity contribution >= 4 is 33.0 Å². The number of nitro groups is 1. The SMILES string of the molecule is CCOc1ccc(NC(=O)c2cc([N+](=O)[O-])ccc2N(C)C)cc1S(=O)(=O)N1CCCC1. The van der Waals surface area contributed by atoms with E-state index in [1.165, 1.54) is 34.6 Å². The largest absolute Gasteiger partial charge is 0.492 e. The van der Waals surface area contributed by atoms with Crippen LogP contribution in [0.15, 0.2) is 41.3 Å². The Morgan fingerprint density at radius 2 is 1.88 bits per heavy atom. The van der Waals surface area contributed by atoms with Gasteiger partial charge in [0.25, 0.3) is 11.6 Å². The highest BCUT2D eigenvalue weighted by molar-refractivity contribution is 7.89. The van der Waals surface area contributed by atoms with E-state index in [1.807, 2.05) is 0 Å². The second-order valence-electron chi connectivity index (χ2n) is 7.51. The van der Waals surface area contributed by atoms with Crippen LogP contribution in [0, 0.1) is 10.1 Å². The van der Waals surface area contributed by atoms with Gasteiger partial charge in [0.05, 0.1) is 17.1 Å². The van der Waals surface area contributed by atoms with Gasteiger partial charge in [0.2, 0.25) is 10.0 Å². The molecule has 1 saturated heterocycles. The highest BCUT2D eigenvalue weighted by atomic mass is 32.2. The minimum Gasteiger partial charge on any atom is -0.492 e. The number of nitrogens with one attached hydrogen (secondary N) is 1. The number of sulfonamides is 1. The molecule has 1 heterocycles. The molecule has 0 atom stereocenters. The van der Waals surface area contributed by atoms with E-state index >= 15 is 0 Å². The van der Waals surface area contributed by atoms with Gasteiger partial charge in [0.1, 0.15) is 10.6 Å². The van der Waals surface area contributed by atoms with Gasteiger partial charge >= 0.3 is 0 Å². The molecule has 1 aliphatic rings. The standard InChI is InChI=1S/C21H26N4O6S/c1-4-31-19-10-7-15(13-20(19)32(29,30)24-11-5-6-12-24)22-21(26)17-14-16(25(27)28)8-9-18(17)23(2)3/h7-10,13-14H,4-6,11-12H2,1-3H3,(H,22,26). The molecule has 0 unspecified atom stereocenters. The van der Waals surface area contributed by atoms with E-state index in [0.717, 1.165) is 12.8 Å². The quantitative estimate of drug-likeness (QED) is 0.472. The molecule has 0 bridgehead atoms. The van der Waals surface area contributed by atoms with Crippen molar-refractivity contribution < 1.29 is 22.9 Å². The number of nitrogens with zero attached hydrogens (tertiary/aromatic N) is 3. The van der Waals surface area contributed by atoms with Crippen molar-refractivity contribution in [3.63, 3.8) is 0 Å². The van der Waals surface area contributed by atoms with Crippen LogP contribution in [0.3, 0.4) is 0 Å². The Balaban J connectivity index is 1.98. The molecule has 1 N–H and O–H groups in total. The van der Waals surface area contributed by atoms with Crippen LogP contribution in [0.4, 0.5) is 17.1 Å². The van der Waals surface area contributed by atoms with Crippen molar-refractivity contribution in [3.8, 4) is 5.75 Å². The Bertz CT molecular complexity index is 1130. The maximum absolute atomic E-state index is 13.2. The fraction of sp³-hybridized carbons (Fsp3) is 0.381. The summed E-state index contributed by atoms with van der Waals surface area (Å²) in [6.07, 6.45) is 1.58. The van der Waals surface area contributed by atoms with Crippen molar-refractivity contribution in [2.24, 2.45) is 0 Å². The van der Waals surface area contributed by atoms with Gasteiger partial charge in [0, 0.05) is 50.7 Å². The molecular weight excluding hydrogens is 436 g/mol. The number of ether oxygens (including phenoxy) is 1. The second-order valence-corrected chi connectivity index (χ2v) is 9.42. The zero-order valence-electron chi connectivity index (χ0n) is 18.2. The zero-order chi connectivity index (χ0) is 23.5. The Morgan fingerprint density at radius 3 is 2.47 bits per heavy atom. The number of non-ortho nitro benzene ring substituents is 1. The number of hydrogen-bond donors (Lipinski definition) is 1. The third-order valence-corrected chi connectivity index (χ3v) is 7.02. The summed E-state index contributed by atoms with van der Waals surface area (Å²) in [5, 5.41) is 13.8. The summed E-state index contributed by atoms with van der Waals surface area (Å²) < 4.78 is 33.2. The average Bonchev–Trinajstić information content (AvgIpc) is 3.30. The summed E-state index contributed by atoms with van der Waals surface area (Å²) >= 11 is 0. The van der Waals surface area contributed by atoms with E-state index in [-0.39, 0.29) is 34.2 Å². The fourth-order valence-electron chi connectivity index (χ4n) is 3.54. The van der Waals surface area contributed by atoms with Crippen molar-refractivity contribution in [3.05, 3.63) is 52.1 Å². The molecule has 0 saturated carbocycles. The topological polar surface area (TPSA) is 122 Å². The van der Waals surface area contributed by atoms with Crippen LogP contribution in [0.2, 0.25) is 0 Å². The number of carbonyl (C=O) groups excluding carboxylic acids is 1. The summed E-state index contributed by atoms with van der Waals surface area (Å²) in [7, 11) is -0.359. The van der Waals surface area contributed by atoms with Crippen LogP contribution < -0.4 is 15.0 Å². The summed E-state index contributed by atoms with van der Waals surface area (Å²) in [6, 6.07) is 8.42. The van der Waals surface area contributed by atoms with Crippen LogP contribution in [-0.4, -0.2) is 57.3 Å². The number of nitro benzene ring substituents is 1. The molecule has 0 radical (unpaired) electrons.